The average Bonchev–Trinajstić information content (AvgIpc) is 2.85. The maximum absolute atomic E-state index is 13.7. The molecule has 2 aromatic rings. The van der Waals surface area contributed by atoms with Crippen LogP contribution in [0.15, 0.2) is 53.0 Å². The van der Waals surface area contributed by atoms with Gasteiger partial charge in [-0.25, -0.2) is 4.67 Å². The Hall–Kier alpha value is -1.46. The topological polar surface area (TPSA) is 55.8 Å². The molecule has 0 spiro atoms. The molecule has 0 N–H and O–H groups in total. The van der Waals surface area contributed by atoms with Gasteiger partial charge in [0.25, 0.3) is 0 Å². The quantitative estimate of drug-likeness (QED) is 0.490. The summed E-state index contributed by atoms with van der Waals surface area (Å²) in [7, 11) is -3.29. The zero-order chi connectivity index (χ0) is 19.3. The molecule has 2 aromatic carbocycles. The van der Waals surface area contributed by atoms with Gasteiger partial charge in [-0.1, -0.05) is 40.2 Å². The van der Waals surface area contributed by atoms with E-state index in [4.69, 9.17) is 9.26 Å². The third kappa shape index (κ3) is 4.88. The molecule has 0 aliphatic carbocycles. The summed E-state index contributed by atoms with van der Waals surface area (Å²) < 4.78 is 27.2. The minimum absolute atomic E-state index is 0.0282. The Morgan fingerprint density at radius 2 is 1.74 bits per heavy atom. The number of hydrogen-bond donors (Lipinski definition) is 0. The minimum atomic E-state index is -3.29. The molecule has 3 rings (SSSR count). The van der Waals surface area contributed by atoms with Crippen molar-refractivity contribution in [2.24, 2.45) is 0 Å². The van der Waals surface area contributed by atoms with Crippen molar-refractivity contribution in [3.63, 3.8) is 0 Å². The van der Waals surface area contributed by atoms with Gasteiger partial charge in [-0.3, -0.25) is 9.36 Å². The zero-order valence-corrected chi connectivity index (χ0v) is 17.7. The van der Waals surface area contributed by atoms with Crippen LogP contribution in [0.5, 0.6) is 0 Å². The first-order valence-corrected chi connectivity index (χ1v) is 11.4. The van der Waals surface area contributed by atoms with Crippen LogP contribution in [0.2, 0.25) is 0 Å². The fraction of sp³-hybridized carbons (Fsp3) is 0.350. The molecular formula is C20H23BrNO4P. The molecule has 0 amide bonds. The van der Waals surface area contributed by atoms with Crippen molar-refractivity contribution in [2.45, 2.75) is 19.8 Å². The van der Waals surface area contributed by atoms with E-state index in [9.17, 15) is 9.36 Å². The summed E-state index contributed by atoms with van der Waals surface area (Å²) in [6.07, 6.45) is 1.65. The second kappa shape index (κ2) is 9.16. The van der Waals surface area contributed by atoms with E-state index in [0.29, 0.717) is 25.1 Å². The highest BCUT2D eigenvalue weighted by Crippen LogP contribution is 2.51. The molecule has 5 nitrogen and oxygen atoms in total. The number of halogens is 1. The van der Waals surface area contributed by atoms with E-state index in [-0.39, 0.29) is 12.5 Å². The van der Waals surface area contributed by atoms with Gasteiger partial charge in [0, 0.05) is 11.0 Å². The summed E-state index contributed by atoms with van der Waals surface area (Å²) in [5.41, 5.74) is 2.11. The lowest BCUT2D eigenvalue weighted by Gasteiger charge is -2.28. The zero-order valence-electron chi connectivity index (χ0n) is 15.3. The molecule has 1 aliphatic rings. The second-order valence-electron chi connectivity index (χ2n) is 6.31. The molecule has 27 heavy (non-hydrogen) atoms. The van der Waals surface area contributed by atoms with Gasteiger partial charge in [0.15, 0.2) is 0 Å². The fourth-order valence-corrected chi connectivity index (χ4v) is 5.56. The third-order valence-corrected chi connectivity index (χ3v) is 7.54. The van der Waals surface area contributed by atoms with Crippen LogP contribution in [0.4, 0.5) is 0 Å². The summed E-state index contributed by atoms with van der Waals surface area (Å²) in [6, 6.07) is 15.6. The van der Waals surface area contributed by atoms with Crippen molar-refractivity contribution in [3.8, 4) is 11.1 Å². The Morgan fingerprint density at radius 1 is 1.11 bits per heavy atom. The van der Waals surface area contributed by atoms with E-state index in [1.165, 1.54) is 0 Å². The standard InChI is InChI=1S/C20H23BrNO4P/c1-2-25-20(23)15-22-13-3-4-14-26-27(22,24)19-11-7-17(8-12-19)16-5-9-18(21)10-6-16/h5-12H,2-4,13-15H2,1H3. The number of carbonyl (C=O) groups is 1. The maximum atomic E-state index is 13.7. The van der Waals surface area contributed by atoms with Crippen LogP contribution >= 0.6 is 23.4 Å². The molecule has 1 fully saturated rings. The number of ether oxygens (including phenoxy) is 1. The van der Waals surface area contributed by atoms with Crippen molar-refractivity contribution in [1.29, 1.82) is 0 Å². The van der Waals surface area contributed by atoms with Crippen molar-refractivity contribution >= 4 is 34.7 Å². The number of esters is 1. The van der Waals surface area contributed by atoms with Crippen molar-refractivity contribution < 1.29 is 18.6 Å². The van der Waals surface area contributed by atoms with Gasteiger partial charge in [-0.05, 0) is 55.2 Å². The second-order valence-corrected chi connectivity index (χ2v) is 9.60. The van der Waals surface area contributed by atoms with E-state index < -0.39 is 7.52 Å². The molecule has 144 valence electrons. The van der Waals surface area contributed by atoms with Gasteiger partial charge in [0.2, 0.25) is 0 Å². The summed E-state index contributed by atoms with van der Waals surface area (Å²) in [5, 5.41) is 0.606. The lowest BCUT2D eigenvalue weighted by atomic mass is 10.1. The molecule has 0 radical (unpaired) electrons. The van der Waals surface area contributed by atoms with E-state index in [2.05, 4.69) is 15.9 Å². The smallest absolute Gasteiger partial charge is 0.320 e. The average molecular weight is 452 g/mol. The van der Waals surface area contributed by atoms with E-state index in [1.807, 2.05) is 48.5 Å². The Balaban J connectivity index is 1.87. The van der Waals surface area contributed by atoms with E-state index in [0.717, 1.165) is 28.4 Å². The first-order chi connectivity index (χ1) is 13.0. The highest BCUT2D eigenvalue weighted by molar-refractivity contribution is 9.10. The van der Waals surface area contributed by atoms with Gasteiger partial charge in [-0.15, -0.1) is 0 Å². The Kier molecular flexibility index (Phi) is 6.88. The molecule has 0 aromatic heterocycles. The number of carbonyl (C=O) groups excluding carboxylic acids is 1. The van der Waals surface area contributed by atoms with Gasteiger partial charge in [-0.2, -0.15) is 0 Å². The largest absolute Gasteiger partial charge is 0.465 e. The molecule has 0 bridgehead atoms. The lowest BCUT2D eigenvalue weighted by Crippen LogP contribution is -2.32. The summed E-state index contributed by atoms with van der Waals surface area (Å²) in [5.74, 6) is -0.380. The molecular weight excluding hydrogens is 429 g/mol. The van der Waals surface area contributed by atoms with Crippen LogP contribution in [-0.2, 0) is 18.6 Å². The normalized spacial score (nSPS) is 20.8. The first-order valence-electron chi connectivity index (χ1n) is 9.05. The number of nitrogens with zero attached hydrogens (tertiary/aromatic N) is 1. The van der Waals surface area contributed by atoms with Gasteiger partial charge < -0.3 is 9.26 Å². The monoisotopic (exact) mass is 451 g/mol. The van der Waals surface area contributed by atoms with Crippen LogP contribution in [-0.4, -0.2) is 36.9 Å². The molecule has 0 saturated carbocycles. The van der Waals surface area contributed by atoms with Crippen LogP contribution < -0.4 is 5.30 Å². The summed E-state index contributed by atoms with van der Waals surface area (Å²) in [4.78, 5) is 12.0. The van der Waals surface area contributed by atoms with Crippen molar-refractivity contribution in [3.05, 3.63) is 53.0 Å². The molecule has 1 unspecified atom stereocenters. The summed E-state index contributed by atoms with van der Waals surface area (Å²) >= 11 is 3.44. The lowest BCUT2D eigenvalue weighted by molar-refractivity contribution is -0.143. The van der Waals surface area contributed by atoms with Gasteiger partial charge in [0.05, 0.1) is 18.5 Å². The number of hydrogen-bond acceptors (Lipinski definition) is 4. The summed E-state index contributed by atoms with van der Waals surface area (Å²) in [6.45, 7) is 3.01. The van der Waals surface area contributed by atoms with E-state index >= 15 is 0 Å². The molecule has 7 heteroatoms. The van der Waals surface area contributed by atoms with Crippen LogP contribution in [0.3, 0.4) is 0 Å². The van der Waals surface area contributed by atoms with Gasteiger partial charge in [0.1, 0.15) is 6.54 Å². The van der Waals surface area contributed by atoms with Crippen molar-refractivity contribution in [2.75, 3.05) is 26.3 Å². The molecule has 1 aliphatic heterocycles. The highest BCUT2D eigenvalue weighted by atomic mass is 79.9. The Morgan fingerprint density at radius 3 is 2.37 bits per heavy atom. The van der Waals surface area contributed by atoms with Gasteiger partial charge >= 0.3 is 13.5 Å². The SMILES string of the molecule is CCOC(=O)CN1CCCCOP1(=O)c1ccc(-c2ccc(Br)cc2)cc1. The predicted molar refractivity (Wildman–Crippen MR) is 110 cm³/mol. The molecule has 1 atom stereocenters. The Bertz CT molecular complexity index is 823. The number of rotatable bonds is 5. The minimum Gasteiger partial charge on any atom is -0.465 e. The van der Waals surface area contributed by atoms with Crippen LogP contribution in [0.1, 0.15) is 19.8 Å². The van der Waals surface area contributed by atoms with Crippen LogP contribution in [0, 0.1) is 0 Å². The maximum Gasteiger partial charge on any atom is 0.320 e. The van der Waals surface area contributed by atoms with Crippen molar-refractivity contribution in [1.82, 2.24) is 4.67 Å². The number of benzene rings is 2. The highest BCUT2D eigenvalue weighted by Gasteiger charge is 2.37. The fourth-order valence-electron chi connectivity index (χ4n) is 3.05. The predicted octanol–water partition coefficient (Wildman–Crippen LogP) is 4.61. The van der Waals surface area contributed by atoms with E-state index in [1.54, 1.807) is 11.6 Å². The van der Waals surface area contributed by atoms with Crippen LogP contribution in [0.25, 0.3) is 11.1 Å². The first kappa shape index (κ1) is 20.3. The third-order valence-electron chi connectivity index (χ3n) is 4.44. The molecule has 1 saturated heterocycles. The molecule has 1 heterocycles. The Labute approximate surface area is 168 Å².